The Labute approximate surface area is 188 Å². The molecule has 9 nitrogen and oxygen atoms in total. The number of nitro groups is 1. The Kier molecular flexibility index (Phi) is 6.68. The van der Waals surface area contributed by atoms with Crippen LogP contribution in [0.4, 0.5) is 5.69 Å². The normalized spacial score (nSPS) is 15.6. The predicted octanol–water partition coefficient (Wildman–Crippen LogP) is 2.43. The van der Waals surface area contributed by atoms with E-state index in [0.29, 0.717) is 36.6 Å². The van der Waals surface area contributed by atoms with Gasteiger partial charge in [0, 0.05) is 49.9 Å². The number of sulfonamides is 1. The molecule has 0 aliphatic carbocycles. The van der Waals surface area contributed by atoms with Gasteiger partial charge >= 0.3 is 0 Å². The minimum atomic E-state index is -3.65. The fourth-order valence-electron chi connectivity index (χ4n) is 4.09. The third-order valence-corrected chi connectivity index (χ3v) is 8.36. The number of nitro benzene ring substituents is 1. The number of aryl methyl sites for hydroxylation is 2. The Morgan fingerprint density at radius 3 is 2.09 bits per heavy atom. The van der Waals surface area contributed by atoms with Crippen molar-refractivity contribution in [3.63, 3.8) is 0 Å². The zero-order valence-electron chi connectivity index (χ0n) is 18.7. The van der Waals surface area contributed by atoms with Gasteiger partial charge in [0.25, 0.3) is 5.69 Å². The van der Waals surface area contributed by atoms with Crippen LogP contribution in [0, 0.1) is 37.8 Å². The number of hydrogen-bond acceptors (Lipinski definition) is 6. The van der Waals surface area contributed by atoms with Crippen LogP contribution in [-0.2, 0) is 16.6 Å². The molecule has 3 rings (SSSR count). The van der Waals surface area contributed by atoms with Crippen LogP contribution in [0.3, 0.4) is 0 Å². The monoisotopic (exact) mass is 460 g/mol. The van der Waals surface area contributed by atoms with E-state index in [1.807, 2.05) is 38.7 Å². The van der Waals surface area contributed by atoms with E-state index in [1.165, 1.54) is 22.5 Å². The summed E-state index contributed by atoms with van der Waals surface area (Å²) < 4.78 is 28.3. The van der Waals surface area contributed by atoms with E-state index >= 15 is 0 Å². The van der Waals surface area contributed by atoms with E-state index in [2.05, 4.69) is 0 Å². The smallest absolute Gasteiger partial charge is 0.274 e. The average molecular weight is 461 g/mol. The molecule has 0 saturated carbocycles. The van der Waals surface area contributed by atoms with Gasteiger partial charge in [-0.1, -0.05) is 12.1 Å². The molecule has 0 spiro atoms. The summed E-state index contributed by atoms with van der Waals surface area (Å²) in [6, 6.07) is 6.18. The van der Waals surface area contributed by atoms with Crippen molar-refractivity contribution in [2.75, 3.05) is 26.2 Å². The van der Waals surface area contributed by atoms with Crippen molar-refractivity contribution in [1.82, 2.24) is 9.21 Å². The number of hydrogen-bond donors (Lipinski definition) is 1. The Balaban J connectivity index is 1.78. The largest absolute Gasteiger partial charge is 0.366 e. The molecule has 0 atom stereocenters. The molecular formula is C22H28N4O5S. The fraction of sp³-hybridized carbons (Fsp3) is 0.409. The van der Waals surface area contributed by atoms with Crippen molar-refractivity contribution in [3.05, 3.63) is 67.8 Å². The zero-order valence-corrected chi connectivity index (χ0v) is 19.5. The van der Waals surface area contributed by atoms with Crippen molar-refractivity contribution < 1.29 is 18.1 Å². The molecule has 2 aromatic rings. The summed E-state index contributed by atoms with van der Waals surface area (Å²) in [5, 5.41) is 11.4. The molecule has 0 radical (unpaired) electrons. The highest BCUT2D eigenvalue weighted by Crippen LogP contribution is 2.30. The third-order valence-electron chi connectivity index (χ3n) is 6.19. The van der Waals surface area contributed by atoms with Gasteiger partial charge in [-0.2, -0.15) is 4.31 Å². The molecule has 1 amide bonds. The summed E-state index contributed by atoms with van der Waals surface area (Å²) in [5.74, 6) is -0.726. The van der Waals surface area contributed by atoms with Crippen molar-refractivity contribution in [2.45, 2.75) is 39.1 Å². The number of primary amides is 1. The van der Waals surface area contributed by atoms with Crippen LogP contribution in [0.25, 0.3) is 0 Å². The van der Waals surface area contributed by atoms with Crippen molar-refractivity contribution in [3.8, 4) is 0 Å². The lowest BCUT2D eigenvalue weighted by Gasteiger charge is -2.34. The Hall–Kier alpha value is -2.82. The topological polar surface area (TPSA) is 127 Å². The molecule has 0 bridgehead atoms. The first-order chi connectivity index (χ1) is 14.9. The first kappa shape index (κ1) is 23.8. The van der Waals surface area contributed by atoms with Gasteiger partial charge in [0.15, 0.2) is 0 Å². The standard InChI is InChI=1S/C22H28N4O5S/c1-14-11-15(2)17(4)21(16(14)3)32(30,31)25-9-7-24(8-10-25)13-19-6-5-18(22(23)27)12-20(19)26(28)29/h5-6,11-12H,7-10,13H2,1-4H3,(H2,23,27). The molecule has 1 aliphatic rings. The molecular weight excluding hydrogens is 432 g/mol. The molecule has 2 N–H and O–H groups in total. The average Bonchev–Trinajstić information content (AvgIpc) is 2.72. The van der Waals surface area contributed by atoms with E-state index in [9.17, 15) is 23.3 Å². The van der Waals surface area contributed by atoms with Gasteiger partial charge < -0.3 is 5.73 Å². The van der Waals surface area contributed by atoms with Gasteiger partial charge in [-0.05, 0) is 56.0 Å². The molecule has 1 heterocycles. The molecule has 10 heteroatoms. The number of carbonyl (C=O) groups excluding carboxylic acids is 1. The Bertz CT molecular complexity index is 1160. The molecule has 1 fully saturated rings. The number of benzene rings is 2. The van der Waals surface area contributed by atoms with Crippen molar-refractivity contribution in [1.29, 1.82) is 0 Å². The van der Waals surface area contributed by atoms with Gasteiger partial charge in [0.05, 0.1) is 9.82 Å². The van der Waals surface area contributed by atoms with Crippen LogP contribution < -0.4 is 5.73 Å². The molecule has 0 aromatic heterocycles. The maximum absolute atomic E-state index is 13.4. The lowest BCUT2D eigenvalue weighted by molar-refractivity contribution is -0.385. The molecule has 172 valence electrons. The first-order valence-electron chi connectivity index (χ1n) is 10.3. The van der Waals surface area contributed by atoms with Gasteiger partial charge in [0.1, 0.15) is 0 Å². The highest BCUT2D eigenvalue weighted by molar-refractivity contribution is 7.89. The second-order valence-electron chi connectivity index (χ2n) is 8.23. The predicted molar refractivity (Wildman–Crippen MR) is 121 cm³/mol. The third kappa shape index (κ3) is 4.52. The number of rotatable bonds is 6. The van der Waals surface area contributed by atoms with Gasteiger partial charge in [-0.15, -0.1) is 0 Å². The fourth-order valence-corrected chi connectivity index (χ4v) is 6.08. The second-order valence-corrected chi connectivity index (χ2v) is 10.1. The second kappa shape index (κ2) is 8.97. The highest BCUT2D eigenvalue weighted by Gasteiger charge is 2.32. The molecule has 2 aromatic carbocycles. The van der Waals surface area contributed by atoms with Crippen LogP contribution in [0.2, 0.25) is 0 Å². The first-order valence-corrected chi connectivity index (χ1v) is 11.7. The minimum Gasteiger partial charge on any atom is -0.366 e. The van der Waals surface area contributed by atoms with E-state index in [0.717, 1.165) is 22.3 Å². The Morgan fingerprint density at radius 2 is 1.59 bits per heavy atom. The maximum Gasteiger partial charge on any atom is 0.274 e. The zero-order chi connectivity index (χ0) is 23.8. The van der Waals surface area contributed by atoms with Crippen LogP contribution >= 0.6 is 0 Å². The minimum absolute atomic E-state index is 0.0792. The van der Waals surface area contributed by atoms with E-state index in [1.54, 1.807) is 0 Å². The summed E-state index contributed by atoms with van der Waals surface area (Å²) in [6.45, 7) is 9.24. The van der Waals surface area contributed by atoms with Crippen LogP contribution in [0.5, 0.6) is 0 Å². The summed E-state index contributed by atoms with van der Waals surface area (Å²) in [7, 11) is -3.65. The number of amides is 1. The Morgan fingerprint density at radius 1 is 1.03 bits per heavy atom. The lowest BCUT2D eigenvalue weighted by atomic mass is 10.0. The molecule has 1 saturated heterocycles. The number of nitrogens with zero attached hydrogens (tertiary/aromatic N) is 3. The molecule has 0 unspecified atom stereocenters. The van der Waals surface area contributed by atoms with Gasteiger partial charge in [-0.3, -0.25) is 19.8 Å². The highest BCUT2D eigenvalue weighted by atomic mass is 32.2. The maximum atomic E-state index is 13.4. The SMILES string of the molecule is Cc1cc(C)c(C)c(S(=O)(=O)N2CCN(Cc3ccc(C(N)=O)cc3[N+](=O)[O-])CC2)c1C. The van der Waals surface area contributed by atoms with Crippen molar-refractivity contribution in [2.24, 2.45) is 5.73 Å². The number of carbonyl (C=O) groups is 1. The number of nitrogens with two attached hydrogens (primary N) is 1. The van der Waals surface area contributed by atoms with Crippen LogP contribution in [0.15, 0.2) is 29.2 Å². The van der Waals surface area contributed by atoms with E-state index in [4.69, 9.17) is 5.73 Å². The number of piperazine rings is 1. The van der Waals surface area contributed by atoms with E-state index in [-0.39, 0.29) is 17.8 Å². The summed E-state index contributed by atoms with van der Waals surface area (Å²) >= 11 is 0. The van der Waals surface area contributed by atoms with Crippen LogP contribution in [-0.4, -0.2) is 54.6 Å². The van der Waals surface area contributed by atoms with Crippen molar-refractivity contribution >= 4 is 21.6 Å². The lowest BCUT2D eigenvalue weighted by Crippen LogP contribution is -2.48. The summed E-state index contributed by atoms with van der Waals surface area (Å²) in [5.41, 5.74) is 9.01. The molecule has 1 aliphatic heterocycles. The summed E-state index contributed by atoms with van der Waals surface area (Å²) in [4.78, 5) is 24.6. The van der Waals surface area contributed by atoms with Gasteiger partial charge in [0.2, 0.25) is 15.9 Å². The summed E-state index contributed by atoms with van der Waals surface area (Å²) in [6.07, 6.45) is 0. The van der Waals surface area contributed by atoms with Crippen LogP contribution in [0.1, 0.15) is 38.2 Å². The van der Waals surface area contributed by atoms with Gasteiger partial charge in [-0.25, -0.2) is 8.42 Å². The molecule has 32 heavy (non-hydrogen) atoms. The quantitative estimate of drug-likeness (QED) is 0.521. The van der Waals surface area contributed by atoms with E-state index < -0.39 is 20.9 Å².